The van der Waals surface area contributed by atoms with E-state index in [9.17, 15) is 0 Å². The predicted octanol–water partition coefficient (Wildman–Crippen LogP) is 2.43. The van der Waals surface area contributed by atoms with Crippen LogP contribution in [0.15, 0.2) is 24.3 Å². The van der Waals surface area contributed by atoms with Gasteiger partial charge >= 0.3 is 0 Å². The zero-order valence-electron chi connectivity index (χ0n) is 6.26. The molecule has 0 unspecified atom stereocenters. The average Bonchev–Trinajstić information content (AvgIpc) is 2.00. The lowest BCUT2D eigenvalue weighted by molar-refractivity contribution is 1.47. The fourth-order valence-corrected chi connectivity index (χ4v) is 0.587. The molecule has 0 aromatic heterocycles. The van der Waals surface area contributed by atoms with Gasteiger partial charge in [-0.2, -0.15) is 0 Å². The Hall–Kier alpha value is -0.690. The number of para-hydroxylation sites is 1. The van der Waals surface area contributed by atoms with E-state index in [0.717, 1.165) is 11.3 Å². The zero-order chi connectivity index (χ0) is 7.98. The zero-order valence-corrected chi connectivity index (χ0v) is 7.02. The van der Waals surface area contributed by atoms with Crippen molar-refractivity contribution in [1.29, 1.82) is 0 Å². The number of alkyl halides is 1. The molecule has 0 saturated carbocycles. The first-order valence-electron chi connectivity index (χ1n) is 2.99. The van der Waals surface area contributed by atoms with E-state index >= 15 is 0 Å². The number of nitrogens with two attached hydrogens (primary N) is 1. The number of nitrogen functional groups attached to an aromatic ring is 1. The first kappa shape index (κ1) is 9.31. The fraction of sp³-hybridized carbons (Fsp3) is 0.250. The minimum atomic E-state index is 0.868. The van der Waals surface area contributed by atoms with Crippen LogP contribution < -0.4 is 5.73 Å². The molecule has 1 aromatic rings. The Kier molecular flexibility index (Phi) is 4.77. The minimum Gasteiger partial charge on any atom is -0.399 e. The third kappa shape index (κ3) is 2.74. The van der Waals surface area contributed by atoms with Gasteiger partial charge in [0.15, 0.2) is 0 Å². The maximum atomic E-state index is 5.52. The fourth-order valence-electron chi connectivity index (χ4n) is 0.587. The van der Waals surface area contributed by atoms with Crippen LogP contribution in [-0.2, 0) is 0 Å². The molecule has 0 fully saturated rings. The molecular weight excluding hydrogens is 146 g/mol. The summed E-state index contributed by atoms with van der Waals surface area (Å²) in [6.45, 7) is 2.00. The molecule has 2 heteroatoms. The standard InChI is InChI=1S/C7H9N.CH3Cl/c1-6-4-2-3-5-7(6)8;1-2/h2-5H,8H2,1H3;1H3. The van der Waals surface area contributed by atoms with E-state index in [0.29, 0.717) is 0 Å². The molecule has 0 heterocycles. The SMILES string of the molecule is CCl.Cc1ccccc1N. The van der Waals surface area contributed by atoms with Gasteiger partial charge in [0.2, 0.25) is 0 Å². The summed E-state index contributed by atoms with van der Waals surface area (Å²) in [5.41, 5.74) is 7.53. The second-order valence-electron chi connectivity index (χ2n) is 1.86. The van der Waals surface area contributed by atoms with E-state index in [2.05, 4.69) is 11.6 Å². The van der Waals surface area contributed by atoms with Gasteiger partial charge in [-0.15, -0.1) is 11.6 Å². The summed E-state index contributed by atoms with van der Waals surface area (Å²) in [7, 11) is 0. The topological polar surface area (TPSA) is 26.0 Å². The first-order chi connectivity index (χ1) is 4.80. The van der Waals surface area contributed by atoms with Crippen LogP contribution in [0, 0.1) is 6.92 Å². The van der Waals surface area contributed by atoms with Gasteiger partial charge in [0.25, 0.3) is 0 Å². The number of hydrogen-bond acceptors (Lipinski definition) is 1. The Balaban J connectivity index is 0.000000371. The lowest BCUT2D eigenvalue weighted by atomic mass is 10.2. The average molecular weight is 158 g/mol. The lowest BCUT2D eigenvalue weighted by Gasteiger charge is -1.93. The molecule has 0 aliphatic rings. The van der Waals surface area contributed by atoms with Gasteiger partial charge in [-0.05, 0) is 18.6 Å². The van der Waals surface area contributed by atoms with Crippen molar-refractivity contribution in [2.45, 2.75) is 6.92 Å². The molecule has 0 atom stereocenters. The molecule has 56 valence electrons. The summed E-state index contributed by atoms with van der Waals surface area (Å²) in [6, 6.07) is 7.80. The van der Waals surface area contributed by atoms with Crippen LogP contribution in [0.5, 0.6) is 0 Å². The Morgan fingerprint density at radius 2 is 1.70 bits per heavy atom. The van der Waals surface area contributed by atoms with Crippen LogP contribution in [0.1, 0.15) is 5.56 Å². The number of halogens is 1. The molecular formula is C8H12ClN. The summed E-state index contributed by atoms with van der Waals surface area (Å²) in [5, 5.41) is 0. The number of hydrogen-bond donors (Lipinski definition) is 1. The molecule has 0 bridgehead atoms. The quantitative estimate of drug-likeness (QED) is 0.454. The maximum Gasteiger partial charge on any atom is 0.0343 e. The number of anilines is 1. The van der Waals surface area contributed by atoms with E-state index in [1.54, 1.807) is 0 Å². The molecule has 0 spiro atoms. The van der Waals surface area contributed by atoms with Gasteiger partial charge in [0, 0.05) is 12.1 Å². The van der Waals surface area contributed by atoms with E-state index in [1.165, 1.54) is 6.38 Å². The largest absolute Gasteiger partial charge is 0.399 e. The number of benzene rings is 1. The maximum absolute atomic E-state index is 5.52. The lowest BCUT2D eigenvalue weighted by Crippen LogP contribution is -1.85. The van der Waals surface area contributed by atoms with Crippen LogP contribution in [0.25, 0.3) is 0 Å². The molecule has 0 saturated heterocycles. The molecule has 1 rings (SSSR count). The molecule has 10 heavy (non-hydrogen) atoms. The Labute approximate surface area is 66.8 Å². The summed E-state index contributed by atoms with van der Waals surface area (Å²) in [5.74, 6) is 0. The number of aryl methyl sites for hydroxylation is 1. The van der Waals surface area contributed by atoms with Gasteiger partial charge in [-0.1, -0.05) is 18.2 Å². The van der Waals surface area contributed by atoms with Gasteiger partial charge in [0.05, 0.1) is 0 Å². The van der Waals surface area contributed by atoms with Crippen molar-refractivity contribution in [3.05, 3.63) is 29.8 Å². The van der Waals surface area contributed by atoms with Gasteiger partial charge in [-0.25, -0.2) is 0 Å². The highest BCUT2D eigenvalue weighted by Gasteiger charge is 1.84. The molecule has 0 radical (unpaired) electrons. The Morgan fingerprint density at radius 3 is 2.00 bits per heavy atom. The monoisotopic (exact) mass is 157 g/mol. The van der Waals surface area contributed by atoms with Crippen LogP contribution in [-0.4, -0.2) is 6.38 Å². The van der Waals surface area contributed by atoms with E-state index in [-0.39, 0.29) is 0 Å². The first-order valence-corrected chi connectivity index (χ1v) is 3.75. The van der Waals surface area contributed by atoms with Crippen molar-refractivity contribution in [1.82, 2.24) is 0 Å². The van der Waals surface area contributed by atoms with Gasteiger partial charge in [0.1, 0.15) is 0 Å². The second kappa shape index (κ2) is 5.12. The minimum absolute atomic E-state index is 0.868. The summed E-state index contributed by atoms with van der Waals surface area (Å²) in [6.07, 6.45) is 1.47. The molecule has 1 nitrogen and oxygen atoms in total. The van der Waals surface area contributed by atoms with Crippen LogP contribution in [0.2, 0.25) is 0 Å². The Morgan fingerprint density at radius 1 is 1.20 bits per heavy atom. The molecule has 0 aliphatic heterocycles. The normalized spacial score (nSPS) is 7.90. The molecule has 0 aliphatic carbocycles. The van der Waals surface area contributed by atoms with Gasteiger partial charge < -0.3 is 5.73 Å². The third-order valence-electron chi connectivity index (χ3n) is 1.19. The number of rotatable bonds is 0. The second-order valence-corrected chi connectivity index (χ2v) is 1.86. The highest BCUT2D eigenvalue weighted by atomic mass is 35.5. The van der Waals surface area contributed by atoms with Crippen molar-refractivity contribution in [2.24, 2.45) is 0 Å². The van der Waals surface area contributed by atoms with Crippen molar-refractivity contribution in [3.63, 3.8) is 0 Å². The highest BCUT2D eigenvalue weighted by molar-refractivity contribution is 6.15. The van der Waals surface area contributed by atoms with E-state index in [1.807, 2.05) is 31.2 Å². The summed E-state index contributed by atoms with van der Waals surface area (Å²) >= 11 is 4.64. The van der Waals surface area contributed by atoms with Crippen molar-refractivity contribution in [2.75, 3.05) is 12.1 Å². The van der Waals surface area contributed by atoms with Crippen LogP contribution >= 0.6 is 11.6 Å². The predicted molar refractivity (Wildman–Crippen MR) is 47.4 cm³/mol. The molecule has 1 aromatic carbocycles. The van der Waals surface area contributed by atoms with Gasteiger partial charge in [-0.3, -0.25) is 0 Å². The van der Waals surface area contributed by atoms with Crippen LogP contribution in [0.3, 0.4) is 0 Å². The Bertz CT molecular complexity index is 165. The van der Waals surface area contributed by atoms with Crippen molar-refractivity contribution >= 4 is 17.3 Å². The highest BCUT2D eigenvalue weighted by Crippen LogP contribution is 2.06. The molecule has 2 N–H and O–H groups in total. The van der Waals surface area contributed by atoms with E-state index < -0.39 is 0 Å². The third-order valence-corrected chi connectivity index (χ3v) is 1.19. The summed E-state index contributed by atoms with van der Waals surface area (Å²) in [4.78, 5) is 0. The molecule has 0 amide bonds. The summed E-state index contributed by atoms with van der Waals surface area (Å²) < 4.78 is 0. The van der Waals surface area contributed by atoms with Crippen molar-refractivity contribution < 1.29 is 0 Å². The van der Waals surface area contributed by atoms with Crippen LogP contribution in [0.4, 0.5) is 5.69 Å². The van der Waals surface area contributed by atoms with E-state index in [4.69, 9.17) is 5.73 Å². The van der Waals surface area contributed by atoms with Crippen molar-refractivity contribution in [3.8, 4) is 0 Å². The smallest absolute Gasteiger partial charge is 0.0343 e.